The second-order valence-corrected chi connectivity index (χ2v) is 6.21. The summed E-state index contributed by atoms with van der Waals surface area (Å²) in [6, 6.07) is 16.5. The maximum absolute atomic E-state index is 13.2. The number of hydrogen-bond donors (Lipinski definition) is 0. The first kappa shape index (κ1) is 17.1. The summed E-state index contributed by atoms with van der Waals surface area (Å²) >= 11 is 5.99. The average molecular weight is 352 g/mol. The SMILES string of the molecule is Cc1ccc(C(=O)N(Cc2ccccn2)c2ccc(Cl)cc2)c(C)n1. The van der Waals surface area contributed by atoms with Gasteiger partial charge in [0.2, 0.25) is 0 Å². The molecule has 3 rings (SSSR count). The fourth-order valence-corrected chi connectivity index (χ4v) is 2.74. The van der Waals surface area contributed by atoms with Crippen LogP contribution in [0.3, 0.4) is 0 Å². The molecule has 1 aromatic carbocycles. The van der Waals surface area contributed by atoms with Crippen molar-refractivity contribution in [3.63, 3.8) is 0 Å². The summed E-state index contributed by atoms with van der Waals surface area (Å²) in [5.74, 6) is -0.113. The first-order valence-corrected chi connectivity index (χ1v) is 8.34. The third-order valence-corrected chi connectivity index (χ3v) is 4.14. The van der Waals surface area contributed by atoms with E-state index in [9.17, 15) is 4.79 Å². The highest BCUT2D eigenvalue weighted by molar-refractivity contribution is 6.30. The normalized spacial score (nSPS) is 10.5. The van der Waals surface area contributed by atoms with Crippen LogP contribution >= 0.6 is 11.6 Å². The quantitative estimate of drug-likeness (QED) is 0.690. The summed E-state index contributed by atoms with van der Waals surface area (Å²) in [7, 11) is 0. The number of halogens is 1. The van der Waals surface area contributed by atoms with Crippen LogP contribution in [-0.4, -0.2) is 15.9 Å². The van der Waals surface area contributed by atoms with E-state index in [1.165, 1.54) is 0 Å². The second-order valence-electron chi connectivity index (χ2n) is 5.77. The number of carbonyl (C=O) groups excluding carboxylic acids is 1. The molecule has 0 spiro atoms. The Labute approximate surface area is 152 Å². The fourth-order valence-electron chi connectivity index (χ4n) is 2.61. The zero-order chi connectivity index (χ0) is 17.8. The minimum absolute atomic E-state index is 0.113. The van der Waals surface area contributed by atoms with Gasteiger partial charge in [0.15, 0.2) is 0 Å². The molecular formula is C20H18ClN3O. The molecule has 4 nitrogen and oxygen atoms in total. The molecule has 3 aromatic rings. The highest BCUT2D eigenvalue weighted by atomic mass is 35.5. The van der Waals surface area contributed by atoms with Crippen molar-refractivity contribution in [2.45, 2.75) is 20.4 Å². The molecule has 25 heavy (non-hydrogen) atoms. The number of benzene rings is 1. The molecule has 0 aliphatic heterocycles. The Balaban J connectivity index is 2.00. The summed E-state index contributed by atoms with van der Waals surface area (Å²) < 4.78 is 0. The standard InChI is InChI=1S/C20H18ClN3O/c1-14-6-11-19(15(2)23-14)20(25)24(13-17-5-3-4-12-22-17)18-9-7-16(21)8-10-18/h3-12H,13H2,1-2H3. The van der Waals surface area contributed by atoms with Crippen molar-refractivity contribution in [2.75, 3.05) is 4.90 Å². The van der Waals surface area contributed by atoms with Gasteiger partial charge in [-0.15, -0.1) is 0 Å². The predicted molar refractivity (Wildman–Crippen MR) is 99.9 cm³/mol. The van der Waals surface area contributed by atoms with Crippen LogP contribution in [0.5, 0.6) is 0 Å². The van der Waals surface area contributed by atoms with E-state index < -0.39 is 0 Å². The van der Waals surface area contributed by atoms with Gasteiger partial charge < -0.3 is 4.90 Å². The predicted octanol–water partition coefficient (Wildman–Crippen LogP) is 4.59. The zero-order valence-electron chi connectivity index (χ0n) is 14.1. The molecule has 126 valence electrons. The number of aryl methyl sites for hydroxylation is 2. The lowest BCUT2D eigenvalue weighted by atomic mass is 10.1. The van der Waals surface area contributed by atoms with Gasteiger partial charge in [-0.1, -0.05) is 17.7 Å². The van der Waals surface area contributed by atoms with Crippen molar-refractivity contribution < 1.29 is 4.79 Å². The number of anilines is 1. The van der Waals surface area contributed by atoms with Crippen LogP contribution in [-0.2, 0) is 6.54 Å². The third kappa shape index (κ3) is 4.03. The summed E-state index contributed by atoms with van der Waals surface area (Å²) in [6.45, 7) is 4.13. The molecule has 5 heteroatoms. The molecule has 0 fully saturated rings. The van der Waals surface area contributed by atoms with Crippen molar-refractivity contribution in [3.05, 3.63) is 88.5 Å². The molecule has 2 aromatic heterocycles. The molecule has 0 radical (unpaired) electrons. The number of pyridine rings is 2. The Hall–Kier alpha value is -2.72. The van der Waals surface area contributed by atoms with Crippen LogP contribution in [0.15, 0.2) is 60.8 Å². The van der Waals surface area contributed by atoms with Crippen molar-refractivity contribution in [1.82, 2.24) is 9.97 Å². The highest BCUT2D eigenvalue weighted by Gasteiger charge is 2.21. The number of rotatable bonds is 4. The van der Waals surface area contributed by atoms with E-state index in [2.05, 4.69) is 9.97 Å². The van der Waals surface area contributed by atoms with Gasteiger partial charge in [0.1, 0.15) is 0 Å². The molecule has 0 aliphatic rings. The van der Waals surface area contributed by atoms with E-state index in [0.717, 1.165) is 17.1 Å². The van der Waals surface area contributed by atoms with E-state index >= 15 is 0 Å². The number of aromatic nitrogens is 2. The topological polar surface area (TPSA) is 46.1 Å². The van der Waals surface area contributed by atoms with Crippen LogP contribution in [0.4, 0.5) is 5.69 Å². The molecule has 0 aliphatic carbocycles. The smallest absolute Gasteiger partial charge is 0.260 e. The lowest BCUT2D eigenvalue weighted by Crippen LogP contribution is -2.31. The molecule has 1 amide bonds. The molecule has 0 saturated carbocycles. The van der Waals surface area contributed by atoms with Gasteiger partial charge in [-0.2, -0.15) is 0 Å². The van der Waals surface area contributed by atoms with E-state index in [4.69, 9.17) is 11.6 Å². The Kier molecular flexibility index (Phi) is 5.10. The Morgan fingerprint density at radius 1 is 1.04 bits per heavy atom. The molecule has 0 unspecified atom stereocenters. The summed E-state index contributed by atoms with van der Waals surface area (Å²) in [6.07, 6.45) is 1.72. The lowest BCUT2D eigenvalue weighted by Gasteiger charge is -2.23. The minimum Gasteiger partial charge on any atom is -0.302 e. The molecule has 0 atom stereocenters. The van der Waals surface area contributed by atoms with Crippen LogP contribution in [0.25, 0.3) is 0 Å². The Bertz CT molecular complexity index is 879. The summed E-state index contributed by atoms with van der Waals surface area (Å²) in [4.78, 5) is 23.6. The number of amides is 1. The minimum atomic E-state index is -0.113. The van der Waals surface area contributed by atoms with E-state index in [0.29, 0.717) is 22.8 Å². The summed E-state index contributed by atoms with van der Waals surface area (Å²) in [5, 5.41) is 0.627. The maximum atomic E-state index is 13.2. The second kappa shape index (κ2) is 7.45. The van der Waals surface area contributed by atoms with Gasteiger partial charge in [-0.3, -0.25) is 14.8 Å². The van der Waals surface area contributed by atoms with Crippen LogP contribution in [0.1, 0.15) is 27.4 Å². The molecular weight excluding hydrogens is 334 g/mol. The van der Waals surface area contributed by atoms with Gasteiger partial charge in [0.05, 0.1) is 23.5 Å². The molecule has 0 saturated heterocycles. The first-order valence-electron chi connectivity index (χ1n) is 7.96. The maximum Gasteiger partial charge on any atom is 0.260 e. The molecule has 2 heterocycles. The van der Waals surface area contributed by atoms with Crippen molar-refractivity contribution in [2.24, 2.45) is 0 Å². The van der Waals surface area contributed by atoms with Crippen LogP contribution < -0.4 is 4.90 Å². The van der Waals surface area contributed by atoms with E-state index in [-0.39, 0.29) is 5.91 Å². The number of nitrogens with zero attached hydrogens (tertiary/aromatic N) is 3. The van der Waals surface area contributed by atoms with Gasteiger partial charge in [-0.05, 0) is 62.4 Å². The molecule has 0 N–H and O–H groups in total. The summed E-state index contributed by atoms with van der Waals surface area (Å²) in [5.41, 5.74) is 3.75. The van der Waals surface area contributed by atoms with Crippen LogP contribution in [0.2, 0.25) is 5.02 Å². The van der Waals surface area contributed by atoms with Gasteiger partial charge in [-0.25, -0.2) is 0 Å². The van der Waals surface area contributed by atoms with Crippen molar-refractivity contribution in [1.29, 1.82) is 0 Å². The van der Waals surface area contributed by atoms with Crippen LogP contribution in [0, 0.1) is 13.8 Å². The number of carbonyl (C=O) groups is 1. The highest BCUT2D eigenvalue weighted by Crippen LogP contribution is 2.23. The van der Waals surface area contributed by atoms with Gasteiger partial charge in [0.25, 0.3) is 5.91 Å². The van der Waals surface area contributed by atoms with E-state index in [1.54, 1.807) is 23.2 Å². The number of hydrogen-bond acceptors (Lipinski definition) is 3. The van der Waals surface area contributed by atoms with E-state index in [1.807, 2.05) is 56.3 Å². The van der Waals surface area contributed by atoms with Crippen molar-refractivity contribution >= 4 is 23.2 Å². The first-order chi connectivity index (χ1) is 12.0. The van der Waals surface area contributed by atoms with Crippen molar-refractivity contribution in [3.8, 4) is 0 Å². The Morgan fingerprint density at radius 2 is 1.80 bits per heavy atom. The fraction of sp³-hybridized carbons (Fsp3) is 0.150. The molecule has 0 bridgehead atoms. The van der Waals surface area contributed by atoms with Gasteiger partial charge in [0, 0.05) is 22.6 Å². The average Bonchev–Trinajstić information content (AvgIpc) is 2.61. The Morgan fingerprint density at radius 3 is 2.44 bits per heavy atom. The van der Waals surface area contributed by atoms with Gasteiger partial charge >= 0.3 is 0 Å². The zero-order valence-corrected chi connectivity index (χ0v) is 14.9. The monoisotopic (exact) mass is 351 g/mol. The lowest BCUT2D eigenvalue weighted by molar-refractivity contribution is 0.0984. The largest absolute Gasteiger partial charge is 0.302 e. The third-order valence-electron chi connectivity index (χ3n) is 3.89.